The van der Waals surface area contributed by atoms with Gasteiger partial charge in [0.15, 0.2) is 0 Å². The maximum Gasteiger partial charge on any atom is 0.247 e. The molecule has 0 spiro atoms. The smallest absolute Gasteiger partial charge is 0.247 e. The van der Waals surface area contributed by atoms with E-state index in [1.165, 1.54) is 0 Å². The number of furan rings is 1. The van der Waals surface area contributed by atoms with Crippen molar-refractivity contribution < 1.29 is 9.21 Å². The van der Waals surface area contributed by atoms with Crippen LogP contribution in [0, 0.1) is 6.92 Å². The molecule has 1 unspecified atom stereocenters. The van der Waals surface area contributed by atoms with Crippen LogP contribution in [0.4, 0.5) is 0 Å². The molecule has 0 aliphatic rings. The number of carbonyl (C=O) groups excluding carboxylic acids is 1. The summed E-state index contributed by atoms with van der Waals surface area (Å²) in [5.74, 6) is 1.42. The summed E-state index contributed by atoms with van der Waals surface area (Å²) in [6.45, 7) is 4.00. The number of rotatable bonds is 4. The number of hydrogen-bond donors (Lipinski definition) is 1. The Bertz CT molecular complexity index is 632. The number of aryl methyl sites for hydroxylation is 1. The number of nitrogens with two attached hydrogens (primary N) is 1. The van der Waals surface area contributed by atoms with E-state index in [-0.39, 0.29) is 5.91 Å². The van der Waals surface area contributed by atoms with Crippen LogP contribution in [-0.4, -0.2) is 17.9 Å². The minimum Gasteiger partial charge on any atom is -0.464 e. The summed E-state index contributed by atoms with van der Waals surface area (Å²) in [5.41, 5.74) is 5.96. The van der Waals surface area contributed by atoms with E-state index in [4.69, 9.17) is 10.2 Å². The van der Waals surface area contributed by atoms with Crippen LogP contribution in [0.2, 0.25) is 0 Å². The van der Waals surface area contributed by atoms with Gasteiger partial charge in [0.05, 0.1) is 6.54 Å². The molecule has 0 aliphatic heterocycles. The summed E-state index contributed by atoms with van der Waals surface area (Å²) >= 11 is 3.38. The molecule has 2 rings (SSSR count). The molecule has 2 aromatic rings. The van der Waals surface area contributed by atoms with Crippen LogP contribution < -0.4 is 5.73 Å². The Balaban J connectivity index is 2.15. The number of benzene rings is 1. The normalized spacial score (nSPS) is 13.8. The van der Waals surface area contributed by atoms with E-state index in [0.717, 1.165) is 21.6 Å². The molecule has 21 heavy (non-hydrogen) atoms. The van der Waals surface area contributed by atoms with Crippen molar-refractivity contribution in [2.45, 2.75) is 25.9 Å². The van der Waals surface area contributed by atoms with Gasteiger partial charge >= 0.3 is 0 Å². The van der Waals surface area contributed by atoms with Gasteiger partial charge in [-0.25, -0.2) is 0 Å². The number of carbonyl (C=O) groups is 1. The van der Waals surface area contributed by atoms with E-state index in [0.29, 0.717) is 6.54 Å². The zero-order valence-corrected chi connectivity index (χ0v) is 14.0. The standard InChI is InChI=1S/C16H19BrN2O2/c1-11-4-9-14(21-11)10-19(3)15(20)16(2,18)12-5-7-13(17)8-6-12/h4-9H,10,18H2,1-3H3. The highest BCUT2D eigenvalue weighted by Crippen LogP contribution is 2.23. The monoisotopic (exact) mass is 350 g/mol. The number of hydrogen-bond acceptors (Lipinski definition) is 3. The molecule has 0 aliphatic carbocycles. The maximum atomic E-state index is 12.6. The topological polar surface area (TPSA) is 59.5 Å². The maximum absolute atomic E-state index is 12.6. The molecule has 4 nitrogen and oxygen atoms in total. The van der Waals surface area contributed by atoms with Gasteiger partial charge in [-0.15, -0.1) is 0 Å². The highest BCUT2D eigenvalue weighted by Gasteiger charge is 2.33. The molecule has 0 bridgehead atoms. The van der Waals surface area contributed by atoms with Gasteiger partial charge in [0.25, 0.3) is 0 Å². The zero-order chi connectivity index (χ0) is 15.6. The van der Waals surface area contributed by atoms with E-state index in [9.17, 15) is 4.79 Å². The van der Waals surface area contributed by atoms with Crippen molar-refractivity contribution in [1.29, 1.82) is 0 Å². The first-order valence-corrected chi connectivity index (χ1v) is 7.46. The van der Waals surface area contributed by atoms with Gasteiger partial charge in [-0.05, 0) is 43.7 Å². The lowest BCUT2D eigenvalue weighted by Crippen LogP contribution is -2.49. The van der Waals surface area contributed by atoms with Gasteiger partial charge in [0.2, 0.25) is 5.91 Å². The molecule has 2 N–H and O–H groups in total. The van der Waals surface area contributed by atoms with Gasteiger partial charge < -0.3 is 15.1 Å². The summed E-state index contributed by atoms with van der Waals surface area (Å²) in [6.07, 6.45) is 0. The van der Waals surface area contributed by atoms with E-state index in [2.05, 4.69) is 15.9 Å². The van der Waals surface area contributed by atoms with Gasteiger partial charge in [0, 0.05) is 11.5 Å². The molecule has 0 fully saturated rings. The van der Waals surface area contributed by atoms with E-state index in [1.807, 2.05) is 43.3 Å². The van der Waals surface area contributed by atoms with E-state index in [1.54, 1.807) is 18.9 Å². The Labute approximate surface area is 133 Å². The molecule has 112 valence electrons. The predicted octanol–water partition coefficient (Wildman–Crippen LogP) is 3.18. The Kier molecular flexibility index (Phi) is 4.54. The van der Waals surface area contributed by atoms with Gasteiger partial charge in [-0.3, -0.25) is 4.79 Å². The van der Waals surface area contributed by atoms with Crippen molar-refractivity contribution in [3.8, 4) is 0 Å². The van der Waals surface area contributed by atoms with Crippen molar-refractivity contribution in [3.05, 3.63) is 58.0 Å². The molecule has 0 saturated carbocycles. The Morgan fingerprint density at radius 1 is 1.29 bits per heavy atom. The van der Waals surface area contributed by atoms with Gasteiger partial charge in [0.1, 0.15) is 17.1 Å². The third-order valence-electron chi connectivity index (χ3n) is 3.42. The van der Waals surface area contributed by atoms with Crippen LogP contribution in [0.5, 0.6) is 0 Å². The third-order valence-corrected chi connectivity index (χ3v) is 3.95. The molecule has 1 heterocycles. The molecule has 5 heteroatoms. The minimum atomic E-state index is -1.07. The molecule has 1 atom stereocenters. The summed E-state index contributed by atoms with van der Waals surface area (Å²) < 4.78 is 6.45. The Morgan fingerprint density at radius 2 is 1.90 bits per heavy atom. The molecular weight excluding hydrogens is 332 g/mol. The number of amides is 1. The Morgan fingerprint density at radius 3 is 2.43 bits per heavy atom. The first-order chi connectivity index (χ1) is 9.80. The SMILES string of the molecule is Cc1ccc(CN(C)C(=O)C(C)(N)c2ccc(Br)cc2)o1. The van der Waals surface area contributed by atoms with Crippen molar-refractivity contribution in [1.82, 2.24) is 4.90 Å². The van der Waals surface area contributed by atoms with Crippen LogP contribution in [-0.2, 0) is 16.9 Å². The fourth-order valence-corrected chi connectivity index (χ4v) is 2.46. The van der Waals surface area contributed by atoms with Crippen LogP contribution in [0.3, 0.4) is 0 Å². The predicted molar refractivity (Wildman–Crippen MR) is 85.6 cm³/mol. The fraction of sp³-hybridized carbons (Fsp3) is 0.312. The van der Waals surface area contributed by atoms with E-state index < -0.39 is 5.54 Å². The zero-order valence-electron chi connectivity index (χ0n) is 12.4. The average Bonchev–Trinajstić information content (AvgIpc) is 2.83. The fourth-order valence-electron chi connectivity index (χ4n) is 2.19. The summed E-state index contributed by atoms with van der Waals surface area (Å²) in [5, 5.41) is 0. The molecule has 1 aromatic carbocycles. The Hall–Kier alpha value is -1.59. The van der Waals surface area contributed by atoms with Crippen molar-refractivity contribution >= 4 is 21.8 Å². The average molecular weight is 351 g/mol. The van der Waals surface area contributed by atoms with Crippen molar-refractivity contribution in [2.75, 3.05) is 7.05 Å². The summed E-state index contributed by atoms with van der Waals surface area (Å²) in [4.78, 5) is 14.2. The quantitative estimate of drug-likeness (QED) is 0.920. The highest BCUT2D eigenvalue weighted by atomic mass is 79.9. The largest absolute Gasteiger partial charge is 0.464 e. The first kappa shape index (κ1) is 15.8. The summed E-state index contributed by atoms with van der Waals surface area (Å²) in [6, 6.07) is 11.2. The van der Waals surface area contributed by atoms with Crippen molar-refractivity contribution in [2.24, 2.45) is 5.73 Å². The molecule has 1 aromatic heterocycles. The van der Waals surface area contributed by atoms with E-state index >= 15 is 0 Å². The first-order valence-electron chi connectivity index (χ1n) is 6.66. The number of halogens is 1. The third kappa shape index (κ3) is 3.54. The van der Waals surface area contributed by atoms with Crippen LogP contribution >= 0.6 is 15.9 Å². The second-order valence-electron chi connectivity index (χ2n) is 5.38. The molecule has 0 radical (unpaired) electrons. The lowest BCUT2D eigenvalue weighted by Gasteiger charge is -2.29. The molecule has 1 amide bonds. The van der Waals surface area contributed by atoms with Crippen LogP contribution in [0.25, 0.3) is 0 Å². The second-order valence-corrected chi connectivity index (χ2v) is 6.30. The molecule has 0 saturated heterocycles. The molecular formula is C16H19BrN2O2. The summed E-state index contributed by atoms with van der Waals surface area (Å²) in [7, 11) is 1.73. The van der Waals surface area contributed by atoms with Gasteiger partial charge in [-0.1, -0.05) is 28.1 Å². The number of nitrogens with zero attached hydrogens (tertiary/aromatic N) is 1. The number of likely N-dealkylation sites (N-methyl/N-ethyl adjacent to an activating group) is 1. The van der Waals surface area contributed by atoms with Gasteiger partial charge in [-0.2, -0.15) is 0 Å². The van der Waals surface area contributed by atoms with Crippen LogP contribution in [0.1, 0.15) is 24.0 Å². The van der Waals surface area contributed by atoms with Crippen molar-refractivity contribution in [3.63, 3.8) is 0 Å². The lowest BCUT2D eigenvalue weighted by atomic mass is 9.92. The van der Waals surface area contributed by atoms with Crippen LogP contribution in [0.15, 0.2) is 45.3 Å². The highest BCUT2D eigenvalue weighted by molar-refractivity contribution is 9.10. The lowest BCUT2D eigenvalue weighted by molar-refractivity contribution is -0.136. The second kappa shape index (κ2) is 6.03. The minimum absolute atomic E-state index is 0.154.